The minimum absolute atomic E-state index is 0.346. The van der Waals surface area contributed by atoms with Gasteiger partial charge in [0.15, 0.2) is 0 Å². The highest BCUT2D eigenvalue weighted by Gasteiger charge is 2.19. The fourth-order valence-corrected chi connectivity index (χ4v) is 3.50. The Bertz CT molecular complexity index is 586. The van der Waals surface area contributed by atoms with Gasteiger partial charge in [0.1, 0.15) is 0 Å². The maximum absolute atomic E-state index is 10.5. The van der Waals surface area contributed by atoms with Gasteiger partial charge in [-0.15, -0.1) is 0 Å². The van der Waals surface area contributed by atoms with Crippen molar-refractivity contribution < 1.29 is 9.90 Å². The minimum atomic E-state index is -0.894. The van der Waals surface area contributed by atoms with Crippen molar-refractivity contribution in [3.8, 4) is 0 Å². The Labute approximate surface area is 151 Å². The van der Waals surface area contributed by atoms with Gasteiger partial charge in [-0.1, -0.05) is 30.3 Å². The summed E-state index contributed by atoms with van der Waals surface area (Å²) in [4.78, 5) is 14.9. The molecule has 0 aromatic heterocycles. The molecule has 0 radical (unpaired) electrons. The van der Waals surface area contributed by atoms with Crippen molar-refractivity contribution in [1.29, 1.82) is 0 Å². The van der Waals surface area contributed by atoms with Gasteiger partial charge in [0, 0.05) is 31.8 Å². The van der Waals surface area contributed by atoms with Gasteiger partial charge in [-0.05, 0) is 51.4 Å². The van der Waals surface area contributed by atoms with Crippen molar-refractivity contribution in [3.05, 3.63) is 47.2 Å². The number of nitrogens with zero attached hydrogens (tertiary/aromatic N) is 2. The molecule has 1 atom stereocenters. The van der Waals surface area contributed by atoms with Crippen molar-refractivity contribution >= 4 is 5.97 Å². The maximum atomic E-state index is 10.5. The zero-order chi connectivity index (χ0) is 18.2. The van der Waals surface area contributed by atoms with E-state index in [-0.39, 0.29) is 0 Å². The van der Waals surface area contributed by atoms with Gasteiger partial charge in [-0.3, -0.25) is 0 Å². The van der Waals surface area contributed by atoms with E-state index < -0.39 is 5.97 Å². The summed E-state index contributed by atoms with van der Waals surface area (Å²) in [6.07, 6.45) is 4.69. The monoisotopic (exact) mass is 345 g/mol. The molecule has 5 nitrogen and oxygen atoms in total. The molecule has 2 aliphatic rings. The van der Waals surface area contributed by atoms with Gasteiger partial charge in [0.25, 0.3) is 0 Å². The summed E-state index contributed by atoms with van der Waals surface area (Å²) < 4.78 is 0. The fraction of sp³-hybridized carbons (Fsp3) is 0.550. The van der Waals surface area contributed by atoms with E-state index in [0.717, 1.165) is 12.5 Å². The summed E-state index contributed by atoms with van der Waals surface area (Å²) in [7, 11) is 4.12. The highest BCUT2D eigenvalue weighted by atomic mass is 16.4. The standard InChI is InChI=1S/C13H19N.C7H12N2O2/c1-14-9-5-8-13(11-14)10-12-6-3-2-4-7-12;1-9-3-2-6(8)5(4-9)7(10)11/h2-4,6-7,13H,5,8-11H2,1H3;2-4,8H2,1H3,(H,10,11). The first-order chi connectivity index (χ1) is 12.0. The molecule has 5 heteroatoms. The predicted molar refractivity (Wildman–Crippen MR) is 101 cm³/mol. The molecule has 0 amide bonds. The minimum Gasteiger partial charge on any atom is -0.478 e. The van der Waals surface area contributed by atoms with E-state index in [0.29, 0.717) is 24.2 Å². The Kier molecular flexibility index (Phi) is 7.47. The number of aliphatic carboxylic acids is 1. The van der Waals surface area contributed by atoms with Crippen molar-refractivity contribution in [2.24, 2.45) is 11.7 Å². The van der Waals surface area contributed by atoms with Crippen LogP contribution in [0.3, 0.4) is 0 Å². The molecule has 2 heterocycles. The molecule has 0 aliphatic carbocycles. The fourth-order valence-electron chi connectivity index (χ4n) is 3.50. The molecule has 1 fully saturated rings. The van der Waals surface area contributed by atoms with Crippen LogP contribution < -0.4 is 5.73 Å². The topological polar surface area (TPSA) is 69.8 Å². The Morgan fingerprint density at radius 1 is 1.20 bits per heavy atom. The van der Waals surface area contributed by atoms with Crippen LogP contribution in [0.4, 0.5) is 0 Å². The molecule has 0 spiro atoms. The SMILES string of the molecule is CN1CCC(N)=C(C(=O)O)C1.CN1CCCC(Cc2ccccc2)C1. The van der Waals surface area contributed by atoms with E-state index >= 15 is 0 Å². The number of nitrogens with two attached hydrogens (primary N) is 1. The lowest BCUT2D eigenvalue weighted by molar-refractivity contribution is -0.133. The van der Waals surface area contributed by atoms with Crippen LogP contribution in [0.5, 0.6) is 0 Å². The smallest absolute Gasteiger partial charge is 0.334 e. The van der Waals surface area contributed by atoms with Gasteiger partial charge < -0.3 is 20.6 Å². The third-order valence-corrected chi connectivity index (χ3v) is 4.93. The summed E-state index contributed by atoms with van der Waals surface area (Å²) in [6, 6.07) is 10.9. The Balaban J connectivity index is 0.000000186. The van der Waals surface area contributed by atoms with E-state index in [1.807, 2.05) is 11.9 Å². The van der Waals surface area contributed by atoms with Crippen LogP contribution in [0, 0.1) is 5.92 Å². The number of rotatable bonds is 3. The Hall–Kier alpha value is -1.85. The zero-order valence-corrected chi connectivity index (χ0v) is 15.4. The first-order valence-electron chi connectivity index (χ1n) is 9.07. The number of benzene rings is 1. The number of hydrogen-bond acceptors (Lipinski definition) is 4. The van der Waals surface area contributed by atoms with Crippen molar-refractivity contribution in [2.75, 3.05) is 40.3 Å². The summed E-state index contributed by atoms with van der Waals surface area (Å²) in [5, 5.41) is 8.66. The third kappa shape index (κ3) is 6.52. The van der Waals surface area contributed by atoms with Crippen LogP contribution in [0.1, 0.15) is 24.8 Å². The summed E-state index contributed by atoms with van der Waals surface area (Å²) in [5.41, 5.74) is 7.88. The number of carboxylic acid groups (broad SMARTS) is 1. The molecule has 0 bridgehead atoms. The second kappa shape index (κ2) is 9.59. The Morgan fingerprint density at radius 3 is 2.52 bits per heavy atom. The van der Waals surface area contributed by atoms with Crippen molar-refractivity contribution in [2.45, 2.75) is 25.7 Å². The van der Waals surface area contributed by atoms with Crippen LogP contribution >= 0.6 is 0 Å². The highest BCUT2D eigenvalue weighted by molar-refractivity contribution is 5.88. The quantitative estimate of drug-likeness (QED) is 0.879. The van der Waals surface area contributed by atoms with Crippen LogP contribution in [0.25, 0.3) is 0 Å². The molecule has 0 saturated carbocycles. The first kappa shape index (κ1) is 19.5. The molecular formula is C20H31N3O2. The van der Waals surface area contributed by atoms with Crippen LogP contribution in [0.2, 0.25) is 0 Å². The molecular weight excluding hydrogens is 314 g/mol. The molecule has 2 aliphatic heterocycles. The molecule has 25 heavy (non-hydrogen) atoms. The first-order valence-corrected chi connectivity index (χ1v) is 9.07. The number of carboxylic acids is 1. The van der Waals surface area contributed by atoms with Crippen LogP contribution in [-0.4, -0.2) is 61.2 Å². The lowest BCUT2D eigenvalue weighted by atomic mass is 9.92. The number of carbonyl (C=O) groups is 1. The molecule has 1 aromatic carbocycles. The number of likely N-dealkylation sites (N-methyl/N-ethyl adjacent to an activating group) is 1. The molecule has 1 saturated heterocycles. The van der Waals surface area contributed by atoms with E-state index in [1.165, 1.54) is 37.9 Å². The average Bonchev–Trinajstić information content (AvgIpc) is 2.58. The van der Waals surface area contributed by atoms with E-state index in [9.17, 15) is 4.79 Å². The summed E-state index contributed by atoms with van der Waals surface area (Å²) >= 11 is 0. The molecule has 1 unspecified atom stereocenters. The van der Waals surface area contributed by atoms with E-state index in [1.54, 1.807) is 0 Å². The maximum Gasteiger partial charge on any atom is 0.334 e. The highest BCUT2D eigenvalue weighted by Crippen LogP contribution is 2.19. The van der Waals surface area contributed by atoms with Crippen molar-refractivity contribution in [3.63, 3.8) is 0 Å². The van der Waals surface area contributed by atoms with Crippen molar-refractivity contribution in [1.82, 2.24) is 9.80 Å². The largest absolute Gasteiger partial charge is 0.478 e. The van der Waals surface area contributed by atoms with Crippen LogP contribution in [-0.2, 0) is 11.2 Å². The van der Waals surface area contributed by atoms with E-state index in [4.69, 9.17) is 10.8 Å². The second-order valence-corrected chi connectivity index (χ2v) is 7.26. The van der Waals surface area contributed by atoms with Crippen LogP contribution in [0.15, 0.2) is 41.6 Å². The van der Waals surface area contributed by atoms with Gasteiger partial charge >= 0.3 is 5.97 Å². The predicted octanol–water partition coefficient (Wildman–Crippen LogP) is 2.19. The average molecular weight is 345 g/mol. The molecule has 1 aromatic rings. The third-order valence-electron chi connectivity index (χ3n) is 4.93. The molecule has 3 rings (SSSR count). The molecule has 138 valence electrons. The van der Waals surface area contributed by atoms with E-state index in [2.05, 4.69) is 42.3 Å². The summed E-state index contributed by atoms with van der Waals surface area (Å²) in [6.45, 7) is 3.87. The lowest BCUT2D eigenvalue weighted by Crippen LogP contribution is -2.32. The Morgan fingerprint density at radius 2 is 1.92 bits per heavy atom. The van der Waals surface area contributed by atoms with Gasteiger partial charge in [-0.25, -0.2) is 4.79 Å². The lowest BCUT2D eigenvalue weighted by Gasteiger charge is -2.29. The normalized spacial score (nSPS) is 22.2. The number of hydrogen-bond donors (Lipinski definition) is 2. The molecule has 3 N–H and O–H groups in total. The van der Waals surface area contributed by atoms with Gasteiger partial charge in [0.2, 0.25) is 0 Å². The number of likely N-dealkylation sites (tertiary alicyclic amines) is 1. The van der Waals surface area contributed by atoms with Gasteiger partial charge in [0.05, 0.1) is 5.57 Å². The zero-order valence-electron chi connectivity index (χ0n) is 15.4. The van der Waals surface area contributed by atoms with Gasteiger partial charge in [-0.2, -0.15) is 0 Å². The number of piperidine rings is 1. The summed E-state index contributed by atoms with van der Waals surface area (Å²) in [5.74, 6) is -0.0230. The second-order valence-electron chi connectivity index (χ2n) is 7.26.